The van der Waals surface area contributed by atoms with Crippen LogP contribution in [0.4, 0.5) is 5.82 Å². The van der Waals surface area contributed by atoms with E-state index in [1.807, 2.05) is 24.9 Å². The first-order chi connectivity index (χ1) is 8.09. The SMILES string of the molecule is CC1=NN(C)c2ncnc3c2n1c[n+]3C(C)C. The zero-order valence-corrected chi connectivity index (χ0v) is 10.4. The summed E-state index contributed by atoms with van der Waals surface area (Å²) in [5, 5.41) is 6.23. The highest BCUT2D eigenvalue weighted by Gasteiger charge is 2.28. The minimum Gasteiger partial charge on any atom is -0.245 e. The highest BCUT2D eigenvalue weighted by atomic mass is 15.5. The van der Waals surface area contributed by atoms with Crippen molar-refractivity contribution in [3.8, 4) is 0 Å². The summed E-state index contributed by atoms with van der Waals surface area (Å²) in [5.74, 6) is 1.78. The third kappa shape index (κ3) is 1.26. The van der Waals surface area contributed by atoms with E-state index in [1.165, 1.54) is 0 Å². The lowest BCUT2D eigenvalue weighted by Gasteiger charge is -2.16. The Labute approximate surface area is 99.2 Å². The summed E-state index contributed by atoms with van der Waals surface area (Å²) in [4.78, 5) is 8.68. The lowest BCUT2D eigenvalue weighted by atomic mass is 10.4. The van der Waals surface area contributed by atoms with Crippen LogP contribution in [-0.2, 0) is 0 Å². The lowest BCUT2D eigenvalue weighted by Crippen LogP contribution is -2.35. The van der Waals surface area contributed by atoms with E-state index < -0.39 is 0 Å². The third-order valence-electron chi connectivity index (χ3n) is 3.02. The van der Waals surface area contributed by atoms with Crippen LogP contribution in [0.1, 0.15) is 26.8 Å². The maximum absolute atomic E-state index is 4.43. The Morgan fingerprint density at radius 2 is 2.06 bits per heavy atom. The average Bonchev–Trinajstić information content (AvgIpc) is 2.67. The Balaban J connectivity index is 2.44. The fraction of sp³-hybridized carbons (Fsp3) is 0.455. The lowest BCUT2D eigenvalue weighted by molar-refractivity contribution is -0.693. The zero-order valence-electron chi connectivity index (χ0n) is 10.4. The molecule has 0 bridgehead atoms. The molecule has 0 fully saturated rings. The van der Waals surface area contributed by atoms with Crippen molar-refractivity contribution < 1.29 is 4.57 Å². The Bertz CT molecular complexity index is 624. The van der Waals surface area contributed by atoms with Crippen LogP contribution in [0.2, 0.25) is 0 Å². The fourth-order valence-corrected chi connectivity index (χ4v) is 2.17. The van der Waals surface area contributed by atoms with Gasteiger partial charge in [0.1, 0.15) is 0 Å². The molecule has 6 nitrogen and oxygen atoms in total. The largest absolute Gasteiger partial charge is 0.308 e. The second-order valence-electron chi connectivity index (χ2n) is 4.53. The first-order valence-electron chi connectivity index (χ1n) is 5.66. The molecule has 2 aromatic rings. The molecule has 0 N–H and O–H groups in total. The quantitative estimate of drug-likeness (QED) is 0.686. The minimum absolute atomic E-state index is 0.359. The summed E-state index contributed by atoms with van der Waals surface area (Å²) < 4.78 is 4.18. The van der Waals surface area contributed by atoms with Gasteiger partial charge >= 0.3 is 5.65 Å². The van der Waals surface area contributed by atoms with Gasteiger partial charge in [0.2, 0.25) is 5.52 Å². The van der Waals surface area contributed by atoms with E-state index in [0.29, 0.717) is 6.04 Å². The summed E-state index contributed by atoms with van der Waals surface area (Å²) >= 11 is 0. The molecule has 1 aliphatic heterocycles. The Kier molecular flexibility index (Phi) is 1.95. The van der Waals surface area contributed by atoms with Gasteiger partial charge in [-0.1, -0.05) is 4.98 Å². The molecule has 2 aromatic heterocycles. The maximum Gasteiger partial charge on any atom is 0.308 e. The van der Waals surface area contributed by atoms with Crippen molar-refractivity contribution in [2.75, 3.05) is 12.1 Å². The molecule has 3 heterocycles. The molecule has 0 saturated carbocycles. The van der Waals surface area contributed by atoms with Gasteiger partial charge in [-0.25, -0.2) is 14.1 Å². The number of hydrogen-bond donors (Lipinski definition) is 0. The van der Waals surface area contributed by atoms with E-state index >= 15 is 0 Å². The van der Waals surface area contributed by atoms with E-state index in [0.717, 1.165) is 22.8 Å². The van der Waals surface area contributed by atoms with Crippen LogP contribution in [0, 0.1) is 0 Å². The second-order valence-corrected chi connectivity index (χ2v) is 4.53. The Morgan fingerprint density at radius 3 is 2.76 bits per heavy atom. The molecule has 6 heteroatoms. The molecule has 0 radical (unpaired) electrons. The van der Waals surface area contributed by atoms with Crippen molar-refractivity contribution in [3.63, 3.8) is 0 Å². The van der Waals surface area contributed by atoms with Gasteiger partial charge in [-0.15, -0.1) is 5.10 Å². The number of anilines is 1. The van der Waals surface area contributed by atoms with Gasteiger partial charge in [-0.05, 0) is 13.8 Å². The van der Waals surface area contributed by atoms with Crippen molar-refractivity contribution in [1.29, 1.82) is 0 Å². The number of hydrazone groups is 1. The first-order valence-corrected chi connectivity index (χ1v) is 5.66. The van der Waals surface area contributed by atoms with Gasteiger partial charge in [0.05, 0.1) is 6.04 Å². The molecule has 88 valence electrons. The molecule has 0 saturated heterocycles. The van der Waals surface area contributed by atoms with Crippen molar-refractivity contribution in [3.05, 3.63) is 12.7 Å². The van der Waals surface area contributed by atoms with Gasteiger partial charge in [0, 0.05) is 14.0 Å². The molecule has 17 heavy (non-hydrogen) atoms. The van der Waals surface area contributed by atoms with Gasteiger partial charge in [-0.2, -0.15) is 4.98 Å². The number of hydrogen-bond acceptors (Lipinski definition) is 4. The molecular weight excluding hydrogens is 216 g/mol. The predicted octanol–water partition coefficient (Wildman–Crippen LogP) is 0.931. The summed E-state index contributed by atoms with van der Waals surface area (Å²) in [6.45, 7) is 6.26. The summed E-state index contributed by atoms with van der Waals surface area (Å²) in [5.41, 5.74) is 1.97. The zero-order chi connectivity index (χ0) is 12.2. The molecule has 0 aliphatic carbocycles. The van der Waals surface area contributed by atoms with Crippen LogP contribution in [0.15, 0.2) is 17.8 Å². The molecular formula is C11H15N6+. The monoisotopic (exact) mass is 231 g/mol. The van der Waals surface area contributed by atoms with Gasteiger partial charge in [-0.3, -0.25) is 0 Å². The smallest absolute Gasteiger partial charge is 0.245 e. The van der Waals surface area contributed by atoms with Crippen LogP contribution in [0.3, 0.4) is 0 Å². The molecule has 0 aromatic carbocycles. The molecule has 1 aliphatic rings. The topological polar surface area (TPSA) is 50.2 Å². The summed E-state index contributed by atoms with van der Waals surface area (Å²) in [7, 11) is 1.90. The molecule has 0 unspecified atom stereocenters. The van der Waals surface area contributed by atoms with Crippen LogP contribution in [0.25, 0.3) is 11.2 Å². The summed E-state index contributed by atoms with van der Waals surface area (Å²) in [6, 6.07) is 0.359. The molecule has 0 atom stereocenters. The second kappa shape index (κ2) is 3.26. The molecule has 0 spiro atoms. The highest BCUT2D eigenvalue weighted by molar-refractivity contribution is 5.97. The van der Waals surface area contributed by atoms with E-state index in [-0.39, 0.29) is 0 Å². The maximum atomic E-state index is 4.43. The van der Waals surface area contributed by atoms with E-state index in [9.17, 15) is 0 Å². The fourth-order valence-electron chi connectivity index (χ4n) is 2.17. The third-order valence-corrected chi connectivity index (χ3v) is 3.02. The number of rotatable bonds is 1. The number of nitrogens with zero attached hydrogens (tertiary/aromatic N) is 6. The van der Waals surface area contributed by atoms with Crippen molar-refractivity contribution in [2.24, 2.45) is 5.10 Å². The van der Waals surface area contributed by atoms with E-state index in [2.05, 4.69) is 33.5 Å². The van der Waals surface area contributed by atoms with Crippen molar-refractivity contribution in [1.82, 2.24) is 14.5 Å². The number of imidazole rings is 1. The van der Waals surface area contributed by atoms with Gasteiger partial charge in [0.15, 0.2) is 24.3 Å². The Morgan fingerprint density at radius 1 is 1.29 bits per heavy atom. The van der Waals surface area contributed by atoms with Gasteiger partial charge < -0.3 is 0 Å². The van der Waals surface area contributed by atoms with Crippen LogP contribution in [0.5, 0.6) is 0 Å². The van der Waals surface area contributed by atoms with Crippen LogP contribution < -0.4 is 9.58 Å². The van der Waals surface area contributed by atoms with Gasteiger partial charge in [0.25, 0.3) is 0 Å². The van der Waals surface area contributed by atoms with Crippen LogP contribution >= 0.6 is 0 Å². The standard InChI is InChI=1S/C11H15N6/c1-7(2)16-6-17-8(3)14-15(4)10-9(17)11(16)13-5-12-10/h5-7H,1-4H3/q+1. The van der Waals surface area contributed by atoms with Crippen LogP contribution in [-0.4, -0.2) is 27.4 Å². The average molecular weight is 231 g/mol. The number of aromatic nitrogens is 4. The van der Waals surface area contributed by atoms with Crippen molar-refractivity contribution >= 4 is 22.8 Å². The first kappa shape index (κ1) is 10.2. The molecule has 0 amide bonds. The molecule has 3 rings (SSSR count). The summed E-state index contributed by atoms with van der Waals surface area (Å²) in [6.07, 6.45) is 3.63. The minimum atomic E-state index is 0.359. The predicted molar refractivity (Wildman–Crippen MR) is 65.0 cm³/mol. The normalized spacial score (nSPS) is 14.6. The Hall–Kier alpha value is -1.98. The van der Waals surface area contributed by atoms with E-state index in [1.54, 1.807) is 11.3 Å². The van der Waals surface area contributed by atoms with Crippen molar-refractivity contribution in [2.45, 2.75) is 26.8 Å². The highest BCUT2D eigenvalue weighted by Crippen LogP contribution is 2.24. The van der Waals surface area contributed by atoms with E-state index in [4.69, 9.17) is 0 Å².